The molecule has 1 aliphatic carbocycles. The molecule has 0 saturated heterocycles. The normalized spacial score (nSPS) is 18.0. The Kier molecular flexibility index (Phi) is 2.73. The fourth-order valence-corrected chi connectivity index (χ4v) is 1.43. The monoisotopic (exact) mass is 204 g/mol. The van der Waals surface area contributed by atoms with Gasteiger partial charge in [0.05, 0.1) is 13.3 Å². The number of rotatable bonds is 4. The van der Waals surface area contributed by atoms with Crippen LogP contribution in [0.2, 0.25) is 0 Å². The second kappa shape index (κ2) is 4.03. The Labute approximate surface area is 90.0 Å². The lowest BCUT2D eigenvalue weighted by molar-refractivity contribution is 0.413. The van der Waals surface area contributed by atoms with Crippen LogP contribution in [0, 0.1) is 0 Å². The molecule has 3 heteroatoms. The third kappa shape index (κ3) is 2.80. The second-order valence-corrected chi connectivity index (χ2v) is 4.13. The zero-order valence-corrected chi connectivity index (χ0v) is 8.94. The Morgan fingerprint density at radius 3 is 3.00 bits per heavy atom. The standard InChI is InChI=1S/C12H16N2O/c1-15-11-7-10(8-14-9-11)3-2-4-12(13)5-6-12/h2-3,7-9H,4-6,13H2,1H3/b3-2+. The van der Waals surface area contributed by atoms with Crippen LogP contribution in [0.4, 0.5) is 0 Å². The second-order valence-electron chi connectivity index (χ2n) is 4.13. The predicted octanol–water partition coefficient (Wildman–Crippen LogP) is 1.98. The van der Waals surface area contributed by atoms with E-state index >= 15 is 0 Å². The summed E-state index contributed by atoms with van der Waals surface area (Å²) in [6.07, 6.45) is 10.9. The Balaban J connectivity index is 1.97. The van der Waals surface area contributed by atoms with Crippen molar-refractivity contribution in [1.29, 1.82) is 0 Å². The van der Waals surface area contributed by atoms with E-state index in [0.29, 0.717) is 0 Å². The van der Waals surface area contributed by atoms with E-state index in [4.69, 9.17) is 10.5 Å². The molecule has 1 aromatic rings. The van der Waals surface area contributed by atoms with E-state index in [1.165, 1.54) is 0 Å². The molecule has 2 N–H and O–H groups in total. The number of hydrogen-bond donors (Lipinski definition) is 1. The van der Waals surface area contributed by atoms with Crippen molar-refractivity contribution in [2.24, 2.45) is 5.73 Å². The molecule has 0 spiro atoms. The van der Waals surface area contributed by atoms with Crippen molar-refractivity contribution in [2.75, 3.05) is 7.11 Å². The quantitative estimate of drug-likeness (QED) is 0.815. The molecule has 1 fully saturated rings. The van der Waals surface area contributed by atoms with Crippen LogP contribution in [-0.4, -0.2) is 17.6 Å². The molecule has 15 heavy (non-hydrogen) atoms. The highest BCUT2D eigenvalue weighted by Crippen LogP contribution is 2.35. The Bertz CT molecular complexity index is 370. The van der Waals surface area contributed by atoms with Crippen molar-refractivity contribution in [3.8, 4) is 5.75 Å². The van der Waals surface area contributed by atoms with E-state index in [1.54, 1.807) is 13.3 Å². The van der Waals surface area contributed by atoms with Gasteiger partial charge in [-0.15, -0.1) is 0 Å². The third-order valence-corrected chi connectivity index (χ3v) is 2.70. The molecule has 0 unspecified atom stereocenters. The van der Waals surface area contributed by atoms with Crippen molar-refractivity contribution >= 4 is 6.08 Å². The fraction of sp³-hybridized carbons (Fsp3) is 0.417. The molecule has 0 aliphatic heterocycles. The van der Waals surface area contributed by atoms with E-state index in [-0.39, 0.29) is 5.54 Å². The van der Waals surface area contributed by atoms with Gasteiger partial charge in [0, 0.05) is 11.7 Å². The number of methoxy groups -OCH3 is 1. The van der Waals surface area contributed by atoms with Crippen molar-refractivity contribution in [3.05, 3.63) is 30.1 Å². The lowest BCUT2D eigenvalue weighted by Crippen LogP contribution is -2.19. The van der Waals surface area contributed by atoms with Gasteiger partial charge in [0.2, 0.25) is 0 Å². The zero-order chi connectivity index (χ0) is 10.7. The summed E-state index contributed by atoms with van der Waals surface area (Å²) in [5, 5.41) is 0. The predicted molar refractivity (Wildman–Crippen MR) is 60.6 cm³/mol. The molecule has 0 radical (unpaired) electrons. The maximum Gasteiger partial charge on any atom is 0.137 e. The average molecular weight is 204 g/mol. The first-order valence-corrected chi connectivity index (χ1v) is 5.16. The van der Waals surface area contributed by atoms with Gasteiger partial charge < -0.3 is 10.5 Å². The molecule has 0 amide bonds. The lowest BCUT2D eigenvalue weighted by Gasteiger charge is -2.02. The van der Waals surface area contributed by atoms with E-state index in [9.17, 15) is 0 Å². The van der Waals surface area contributed by atoms with Crippen LogP contribution in [0.1, 0.15) is 24.8 Å². The Hall–Kier alpha value is -1.35. The molecule has 1 aliphatic rings. The van der Waals surface area contributed by atoms with Crippen molar-refractivity contribution in [2.45, 2.75) is 24.8 Å². The van der Waals surface area contributed by atoms with Gasteiger partial charge in [0.1, 0.15) is 5.75 Å². The van der Waals surface area contributed by atoms with Crippen LogP contribution in [-0.2, 0) is 0 Å². The molecule has 1 saturated carbocycles. The van der Waals surface area contributed by atoms with Crippen molar-refractivity contribution in [1.82, 2.24) is 4.98 Å². The number of nitrogens with zero attached hydrogens (tertiary/aromatic N) is 1. The van der Waals surface area contributed by atoms with Gasteiger partial charge >= 0.3 is 0 Å². The molecule has 0 bridgehead atoms. The molecule has 1 heterocycles. The van der Waals surface area contributed by atoms with Crippen LogP contribution in [0.5, 0.6) is 5.75 Å². The minimum Gasteiger partial charge on any atom is -0.495 e. The largest absolute Gasteiger partial charge is 0.495 e. The van der Waals surface area contributed by atoms with Crippen LogP contribution >= 0.6 is 0 Å². The van der Waals surface area contributed by atoms with Gasteiger partial charge in [-0.05, 0) is 30.9 Å². The molecular formula is C12H16N2O. The summed E-state index contributed by atoms with van der Waals surface area (Å²) >= 11 is 0. The number of ether oxygens (including phenoxy) is 1. The molecule has 1 aromatic heterocycles. The zero-order valence-electron chi connectivity index (χ0n) is 8.94. The SMILES string of the molecule is COc1cncc(/C=C/CC2(N)CC2)c1. The van der Waals surface area contributed by atoms with Crippen LogP contribution in [0.15, 0.2) is 24.5 Å². The maximum atomic E-state index is 5.98. The minimum absolute atomic E-state index is 0.0861. The smallest absolute Gasteiger partial charge is 0.137 e. The summed E-state index contributed by atoms with van der Waals surface area (Å²) in [6.45, 7) is 0. The van der Waals surface area contributed by atoms with Crippen molar-refractivity contribution in [3.63, 3.8) is 0 Å². The summed E-state index contributed by atoms with van der Waals surface area (Å²) in [5.41, 5.74) is 7.12. The Morgan fingerprint density at radius 2 is 2.33 bits per heavy atom. The summed E-state index contributed by atoms with van der Waals surface area (Å²) in [5.74, 6) is 0.783. The van der Waals surface area contributed by atoms with Gasteiger partial charge in [-0.3, -0.25) is 4.98 Å². The molecule has 2 rings (SSSR count). The van der Waals surface area contributed by atoms with E-state index in [0.717, 1.165) is 30.6 Å². The fourth-order valence-electron chi connectivity index (χ4n) is 1.43. The summed E-state index contributed by atoms with van der Waals surface area (Å²) < 4.78 is 5.09. The van der Waals surface area contributed by atoms with E-state index in [1.807, 2.05) is 18.3 Å². The van der Waals surface area contributed by atoms with E-state index in [2.05, 4.69) is 11.1 Å². The first kappa shape index (κ1) is 10.2. The molecule has 0 aromatic carbocycles. The highest BCUT2D eigenvalue weighted by molar-refractivity contribution is 5.50. The lowest BCUT2D eigenvalue weighted by atomic mass is 10.1. The first-order valence-electron chi connectivity index (χ1n) is 5.16. The highest BCUT2D eigenvalue weighted by atomic mass is 16.5. The van der Waals surface area contributed by atoms with Gasteiger partial charge in [0.25, 0.3) is 0 Å². The molecule has 3 nitrogen and oxygen atoms in total. The summed E-state index contributed by atoms with van der Waals surface area (Å²) in [6, 6.07) is 1.96. The van der Waals surface area contributed by atoms with Gasteiger partial charge in [0.15, 0.2) is 0 Å². The van der Waals surface area contributed by atoms with Crippen LogP contribution in [0.25, 0.3) is 6.08 Å². The van der Waals surface area contributed by atoms with Crippen molar-refractivity contribution < 1.29 is 4.74 Å². The first-order chi connectivity index (χ1) is 7.22. The third-order valence-electron chi connectivity index (χ3n) is 2.70. The highest BCUT2D eigenvalue weighted by Gasteiger charge is 2.36. The Morgan fingerprint density at radius 1 is 1.53 bits per heavy atom. The van der Waals surface area contributed by atoms with Gasteiger partial charge in [-0.2, -0.15) is 0 Å². The molecule has 0 atom stereocenters. The van der Waals surface area contributed by atoms with E-state index < -0.39 is 0 Å². The number of hydrogen-bond acceptors (Lipinski definition) is 3. The number of aromatic nitrogens is 1. The molecule has 80 valence electrons. The number of pyridine rings is 1. The summed E-state index contributed by atoms with van der Waals surface area (Å²) in [7, 11) is 1.64. The van der Waals surface area contributed by atoms with Crippen LogP contribution < -0.4 is 10.5 Å². The van der Waals surface area contributed by atoms with Gasteiger partial charge in [-0.1, -0.05) is 12.2 Å². The molecular weight excluding hydrogens is 188 g/mol. The average Bonchev–Trinajstić information content (AvgIpc) is 2.97. The maximum absolute atomic E-state index is 5.98. The summed E-state index contributed by atoms with van der Waals surface area (Å²) in [4.78, 5) is 4.08. The van der Waals surface area contributed by atoms with Gasteiger partial charge in [-0.25, -0.2) is 0 Å². The minimum atomic E-state index is 0.0861. The topological polar surface area (TPSA) is 48.1 Å². The van der Waals surface area contributed by atoms with Crippen LogP contribution in [0.3, 0.4) is 0 Å². The number of nitrogens with two attached hydrogens (primary N) is 1.